The summed E-state index contributed by atoms with van der Waals surface area (Å²) in [6.07, 6.45) is 4.12. The molecular formula is C20H26N4O3. The number of rotatable bonds is 5. The van der Waals surface area contributed by atoms with Gasteiger partial charge >= 0.3 is 0 Å². The Morgan fingerprint density at radius 2 is 2.04 bits per heavy atom. The van der Waals surface area contributed by atoms with Crippen molar-refractivity contribution in [1.29, 1.82) is 0 Å². The molecule has 0 aromatic heterocycles. The average molecular weight is 370 g/mol. The fourth-order valence-electron chi connectivity index (χ4n) is 4.53. The van der Waals surface area contributed by atoms with Gasteiger partial charge in [-0.2, -0.15) is 0 Å². The van der Waals surface area contributed by atoms with Gasteiger partial charge in [0.05, 0.1) is 0 Å². The number of carbonyl (C=O) groups is 3. The van der Waals surface area contributed by atoms with Gasteiger partial charge in [-0.25, -0.2) is 0 Å². The van der Waals surface area contributed by atoms with Gasteiger partial charge in [-0.05, 0) is 48.9 Å². The molecule has 2 aliphatic heterocycles. The predicted octanol–water partition coefficient (Wildman–Crippen LogP) is 0.665. The molecule has 3 atom stereocenters. The van der Waals surface area contributed by atoms with Gasteiger partial charge in [0, 0.05) is 31.1 Å². The molecular weight excluding hydrogens is 344 g/mol. The van der Waals surface area contributed by atoms with Crippen molar-refractivity contribution in [3.05, 3.63) is 34.9 Å². The molecule has 0 radical (unpaired) electrons. The molecule has 1 aliphatic carbocycles. The molecule has 3 unspecified atom stereocenters. The van der Waals surface area contributed by atoms with Crippen LogP contribution in [0.3, 0.4) is 0 Å². The smallest absolute Gasteiger partial charge is 0.255 e. The Kier molecular flexibility index (Phi) is 4.97. The minimum Gasteiger partial charge on any atom is -0.327 e. The van der Waals surface area contributed by atoms with Crippen LogP contribution in [0.2, 0.25) is 0 Å². The normalized spacial score (nSPS) is 27.8. The quantitative estimate of drug-likeness (QED) is 0.661. The van der Waals surface area contributed by atoms with Crippen molar-refractivity contribution >= 4 is 17.7 Å². The summed E-state index contributed by atoms with van der Waals surface area (Å²) in [5.41, 5.74) is 8.87. The molecule has 1 aromatic rings. The highest BCUT2D eigenvalue weighted by molar-refractivity contribution is 6.05. The number of benzene rings is 1. The van der Waals surface area contributed by atoms with E-state index in [4.69, 9.17) is 5.73 Å². The molecule has 2 fully saturated rings. The summed E-state index contributed by atoms with van der Waals surface area (Å²) in [5.74, 6) is -0.250. The highest BCUT2D eigenvalue weighted by atomic mass is 16.2. The Hall–Kier alpha value is -2.25. The number of hydrogen-bond donors (Lipinski definition) is 3. The van der Waals surface area contributed by atoms with Crippen molar-refractivity contribution in [2.24, 2.45) is 11.7 Å². The number of amides is 3. The lowest BCUT2D eigenvalue weighted by molar-refractivity contribution is -0.136. The van der Waals surface area contributed by atoms with Crippen LogP contribution in [-0.4, -0.2) is 41.2 Å². The second-order valence-electron chi connectivity index (χ2n) is 7.83. The first-order valence-corrected chi connectivity index (χ1v) is 9.76. The first-order valence-electron chi connectivity index (χ1n) is 9.76. The van der Waals surface area contributed by atoms with Crippen LogP contribution < -0.4 is 16.4 Å². The third kappa shape index (κ3) is 3.49. The number of nitrogens with one attached hydrogen (secondary N) is 2. The lowest BCUT2D eigenvalue weighted by Gasteiger charge is -2.29. The molecule has 1 saturated heterocycles. The number of nitrogens with zero attached hydrogens (tertiary/aromatic N) is 1. The van der Waals surface area contributed by atoms with E-state index < -0.39 is 6.04 Å². The standard InChI is InChI=1S/C20H26N4O3/c21-16-6-2-4-13(16)10-22-9-12-3-1-5-14-15(12)11-24(20(14)27)17-7-8-18(25)23-19(17)26/h1,3,5,13,16-17,22H,2,4,6-11,21H2,(H,23,25,26). The Bertz CT molecular complexity index is 778. The topological polar surface area (TPSA) is 105 Å². The van der Waals surface area contributed by atoms with Gasteiger partial charge < -0.3 is 16.0 Å². The van der Waals surface area contributed by atoms with Crippen LogP contribution in [0.25, 0.3) is 0 Å². The Balaban J connectivity index is 1.44. The van der Waals surface area contributed by atoms with Crippen molar-refractivity contribution in [1.82, 2.24) is 15.5 Å². The van der Waals surface area contributed by atoms with Crippen LogP contribution in [0.5, 0.6) is 0 Å². The SMILES string of the molecule is NC1CCCC1CNCc1cccc2c1CN(C1CCC(=O)NC1=O)C2=O. The van der Waals surface area contributed by atoms with E-state index in [1.54, 1.807) is 4.90 Å². The molecule has 2 heterocycles. The Labute approximate surface area is 158 Å². The Morgan fingerprint density at radius 3 is 2.78 bits per heavy atom. The van der Waals surface area contributed by atoms with E-state index >= 15 is 0 Å². The molecule has 4 rings (SSSR count). The maximum absolute atomic E-state index is 12.8. The van der Waals surface area contributed by atoms with Gasteiger partial charge in [0.1, 0.15) is 6.04 Å². The van der Waals surface area contributed by atoms with E-state index in [2.05, 4.69) is 10.6 Å². The van der Waals surface area contributed by atoms with E-state index in [0.29, 0.717) is 31.0 Å². The zero-order valence-corrected chi connectivity index (χ0v) is 15.4. The first-order chi connectivity index (χ1) is 13.0. The van der Waals surface area contributed by atoms with Crippen molar-refractivity contribution < 1.29 is 14.4 Å². The monoisotopic (exact) mass is 370 g/mol. The summed E-state index contributed by atoms with van der Waals surface area (Å²) >= 11 is 0. The highest BCUT2D eigenvalue weighted by Crippen LogP contribution is 2.30. The van der Waals surface area contributed by atoms with Crippen molar-refractivity contribution in [2.75, 3.05) is 6.54 Å². The number of nitrogens with two attached hydrogens (primary N) is 1. The number of fused-ring (bicyclic) bond motifs is 1. The largest absolute Gasteiger partial charge is 0.327 e. The average Bonchev–Trinajstić information content (AvgIpc) is 3.20. The van der Waals surface area contributed by atoms with Crippen LogP contribution in [0.4, 0.5) is 0 Å². The minimum atomic E-state index is -0.570. The Morgan fingerprint density at radius 1 is 1.19 bits per heavy atom. The van der Waals surface area contributed by atoms with Crippen LogP contribution in [-0.2, 0) is 22.7 Å². The lowest BCUT2D eigenvalue weighted by atomic mass is 10.0. The molecule has 7 heteroatoms. The van der Waals surface area contributed by atoms with Gasteiger partial charge in [0.15, 0.2) is 0 Å². The second-order valence-corrected chi connectivity index (χ2v) is 7.83. The highest BCUT2D eigenvalue weighted by Gasteiger charge is 2.39. The first kappa shape index (κ1) is 18.1. The molecule has 144 valence electrons. The van der Waals surface area contributed by atoms with Gasteiger partial charge in [-0.3, -0.25) is 19.7 Å². The van der Waals surface area contributed by atoms with E-state index in [1.165, 1.54) is 12.8 Å². The number of piperidine rings is 1. The molecule has 7 nitrogen and oxygen atoms in total. The van der Waals surface area contributed by atoms with Crippen molar-refractivity contribution in [2.45, 2.75) is 57.3 Å². The molecule has 1 aromatic carbocycles. The van der Waals surface area contributed by atoms with Gasteiger partial charge in [-0.15, -0.1) is 0 Å². The van der Waals surface area contributed by atoms with Crippen LogP contribution in [0, 0.1) is 5.92 Å². The molecule has 1 saturated carbocycles. The lowest BCUT2D eigenvalue weighted by Crippen LogP contribution is -2.52. The van der Waals surface area contributed by atoms with E-state index in [1.807, 2.05) is 18.2 Å². The predicted molar refractivity (Wildman–Crippen MR) is 99.5 cm³/mol. The minimum absolute atomic E-state index is 0.126. The van der Waals surface area contributed by atoms with E-state index in [-0.39, 0.29) is 30.2 Å². The van der Waals surface area contributed by atoms with Gasteiger partial charge in [0.2, 0.25) is 11.8 Å². The molecule has 27 heavy (non-hydrogen) atoms. The maximum atomic E-state index is 12.8. The summed E-state index contributed by atoms with van der Waals surface area (Å²) in [6.45, 7) is 1.99. The van der Waals surface area contributed by atoms with Gasteiger partial charge in [-0.1, -0.05) is 18.6 Å². The summed E-state index contributed by atoms with van der Waals surface area (Å²) < 4.78 is 0. The third-order valence-electron chi connectivity index (χ3n) is 6.12. The van der Waals surface area contributed by atoms with Crippen LogP contribution in [0.15, 0.2) is 18.2 Å². The van der Waals surface area contributed by atoms with E-state index in [0.717, 1.165) is 24.1 Å². The molecule has 0 bridgehead atoms. The fourth-order valence-corrected chi connectivity index (χ4v) is 4.53. The summed E-state index contributed by atoms with van der Waals surface area (Å²) in [6, 6.07) is 5.45. The molecule has 3 aliphatic rings. The molecule has 3 amide bonds. The van der Waals surface area contributed by atoms with Crippen LogP contribution >= 0.6 is 0 Å². The molecule has 0 spiro atoms. The van der Waals surface area contributed by atoms with Crippen molar-refractivity contribution in [3.8, 4) is 0 Å². The second kappa shape index (κ2) is 7.40. The number of imide groups is 1. The number of hydrogen-bond acceptors (Lipinski definition) is 5. The van der Waals surface area contributed by atoms with Crippen molar-refractivity contribution in [3.63, 3.8) is 0 Å². The van der Waals surface area contributed by atoms with Crippen LogP contribution in [0.1, 0.15) is 53.6 Å². The number of carbonyl (C=O) groups excluding carboxylic acids is 3. The maximum Gasteiger partial charge on any atom is 0.255 e. The third-order valence-corrected chi connectivity index (χ3v) is 6.12. The van der Waals surface area contributed by atoms with E-state index in [9.17, 15) is 14.4 Å². The summed E-state index contributed by atoms with van der Waals surface area (Å²) in [7, 11) is 0. The molecule has 4 N–H and O–H groups in total. The zero-order valence-electron chi connectivity index (χ0n) is 15.4. The van der Waals surface area contributed by atoms with Gasteiger partial charge in [0.25, 0.3) is 5.91 Å². The summed E-state index contributed by atoms with van der Waals surface area (Å²) in [5, 5.41) is 5.84. The fraction of sp³-hybridized carbons (Fsp3) is 0.550. The zero-order chi connectivity index (χ0) is 19.0. The summed E-state index contributed by atoms with van der Waals surface area (Å²) in [4.78, 5) is 38.0.